The normalized spacial score (nSPS) is 15.0. The molecule has 5 rings (SSSR count). The molecule has 1 fully saturated rings. The first-order chi connectivity index (χ1) is 16.5. The van der Waals surface area contributed by atoms with E-state index in [4.69, 9.17) is 21.3 Å². The molecule has 6 nitrogen and oxygen atoms in total. The molecule has 0 atom stereocenters. The van der Waals surface area contributed by atoms with Crippen molar-refractivity contribution in [2.45, 2.75) is 19.4 Å². The maximum Gasteiger partial charge on any atom is 0.260 e. The molecule has 0 unspecified atom stereocenters. The quantitative estimate of drug-likeness (QED) is 0.363. The third-order valence-corrected chi connectivity index (χ3v) is 7.57. The van der Waals surface area contributed by atoms with Gasteiger partial charge < -0.3 is 9.72 Å². The number of aromatic amines is 1. The Bertz CT molecular complexity index is 1390. The van der Waals surface area contributed by atoms with Crippen molar-refractivity contribution in [1.29, 1.82) is 0 Å². The number of Topliss-reactive ketones (excluding diaryl/α,β-unsaturated/α-hetero) is 1. The molecule has 34 heavy (non-hydrogen) atoms. The first kappa shape index (κ1) is 22.8. The lowest BCUT2D eigenvalue weighted by Crippen LogP contribution is -2.36. The van der Waals surface area contributed by atoms with Gasteiger partial charge in [0.05, 0.1) is 19.0 Å². The lowest BCUT2D eigenvalue weighted by atomic mass is 9.89. The minimum atomic E-state index is -0.152. The van der Waals surface area contributed by atoms with Gasteiger partial charge in [0.25, 0.3) is 5.56 Å². The Morgan fingerprint density at radius 3 is 2.59 bits per heavy atom. The van der Waals surface area contributed by atoms with E-state index >= 15 is 0 Å². The molecule has 4 aromatic rings. The van der Waals surface area contributed by atoms with Gasteiger partial charge in [0, 0.05) is 33.0 Å². The molecule has 1 saturated heterocycles. The number of hydrogen-bond donors (Lipinski definition) is 1. The van der Waals surface area contributed by atoms with Crippen LogP contribution in [-0.2, 0) is 6.54 Å². The standard InChI is InChI=1S/C26H24ClN3O3S/c1-33-18-8-6-16(7-9-18)24(31)17-10-12-30(13-11-17)14-22-28-25(32)23-20(15-34-26(23)29-22)19-4-2-3-5-21(19)27/h2-9,15,17H,10-14H2,1H3,(H,28,29,32). The molecule has 0 spiro atoms. The highest BCUT2D eigenvalue weighted by molar-refractivity contribution is 7.17. The van der Waals surface area contributed by atoms with Gasteiger partial charge in [0.2, 0.25) is 0 Å². The zero-order valence-electron chi connectivity index (χ0n) is 18.7. The van der Waals surface area contributed by atoms with Gasteiger partial charge in [0.15, 0.2) is 5.78 Å². The second-order valence-corrected chi connectivity index (χ2v) is 9.73. The van der Waals surface area contributed by atoms with Gasteiger partial charge in [-0.3, -0.25) is 14.5 Å². The van der Waals surface area contributed by atoms with Crippen molar-refractivity contribution in [3.05, 3.63) is 80.7 Å². The molecule has 2 aromatic heterocycles. The van der Waals surface area contributed by atoms with Crippen LogP contribution < -0.4 is 10.3 Å². The number of H-pyrrole nitrogens is 1. The molecule has 0 amide bonds. The van der Waals surface area contributed by atoms with Gasteiger partial charge in [-0.05, 0) is 56.3 Å². The van der Waals surface area contributed by atoms with Crippen LogP contribution in [0.4, 0.5) is 0 Å². The molecule has 0 saturated carbocycles. The third-order valence-electron chi connectivity index (χ3n) is 6.36. The maximum absolute atomic E-state index is 12.9. The molecule has 1 N–H and O–H groups in total. The fraction of sp³-hybridized carbons (Fsp3) is 0.269. The van der Waals surface area contributed by atoms with Crippen LogP contribution in [0.15, 0.2) is 58.7 Å². The van der Waals surface area contributed by atoms with E-state index in [1.54, 1.807) is 7.11 Å². The molecule has 3 heterocycles. The Kier molecular flexibility index (Phi) is 6.50. The van der Waals surface area contributed by atoms with Gasteiger partial charge in [0.1, 0.15) is 16.4 Å². The zero-order chi connectivity index (χ0) is 23.7. The van der Waals surface area contributed by atoms with Crippen LogP contribution in [-0.4, -0.2) is 40.9 Å². The minimum Gasteiger partial charge on any atom is -0.497 e. The van der Waals surface area contributed by atoms with Crippen LogP contribution in [0.2, 0.25) is 5.02 Å². The first-order valence-electron chi connectivity index (χ1n) is 11.2. The highest BCUT2D eigenvalue weighted by Gasteiger charge is 2.26. The summed E-state index contributed by atoms with van der Waals surface area (Å²) in [7, 11) is 1.61. The maximum atomic E-state index is 12.9. The number of likely N-dealkylation sites (tertiary alicyclic amines) is 1. The Labute approximate surface area is 206 Å². The van der Waals surface area contributed by atoms with Crippen molar-refractivity contribution in [2.24, 2.45) is 5.92 Å². The number of nitrogens with one attached hydrogen (secondary N) is 1. The highest BCUT2D eigenvalue weighted by Crippen LogP contribution is 2.35. The number of piperidine rings is 1. The molecule has 0 radical (unpaired) electrons. The van der Waals surface area contributed by atoms with Crippen molar-refractivity contribution < 1.29 is 9.53 Å². The van der Waals surface area contributed by atoms with E-state index in [0.717, 1.165) is 48.4 Å². The van der Waals surface area contributed by atoms with E-state index in [9.17, 15) is 9.59 Å². The van der Waals surface area contributed by atoms with Crippen LogP contribution in [0.3, 0.4) is 0 Å². The Morgan fingerprint density at radius 2 is 1.88 bits per heavy atom. The summed E-state index contributed by atoms with van der Waals surface area (Å²) in [6.45, 7) is 2.11. The number of carbonyl (C=O) groups is 1. The van der Waals surface area contributed by atoms with E-state index in [1.165, 1.54) is 11.3 Å². The number of rotatable bonds is 6. The molecule has 0 aliphatic carbocycles. The number of thiophene rings is 1. The van der Waals surface area contributed by atoms with Crippen LogP contribution in [0.1, 0.15) is 29.0 Å². The van der Waals surface area contributed by atoms with Crippen molar-refractivity contribution in [3.63, 3.8) is 0 Å². The number of hydrogen-bond acceptors (Lipinski definition) is 6. The van der Waals surface area contributed by atoms with Crippen LogP contribution in [0.5, 0.6) is 5.75 Å². The van der Waals surface area contributed by atoms with Gasteiger partial charge in [-0.2, -0.15) is 0 Å². The second kappa shape index (κ2) is 9.70. The summed E-state index contributed by atoms with van der Waals surface area (Å²) < 4.78 is 5.17. The topological polar surface area (TPSA) is 75.3 Å². The Balaban J connectivity index is 1.27. The first-order valence-corrected chi connectivity index (χ1v) is 12.4. The van der Waals surface area contributed by atoms with Gasteiger partial charge in [-0.25, -0.2) is 4.98 Å². The molecule has 0 bridgehead atoms. The van der Waals surface area contributed by atoms with E-state index in [2.05, 4.69) is 9.88 Å². The summed E-state index contributed by atoms with van der Waals surface area (Å²) in [5, 5.41) is 3.12. The van der Waals surface area contributed by atoms with Gasteiger partial charge >= 0.3 is 0 Å². The number of aromatic nitrogens is 2. The molecular weight excluding hydrogens is 470 g/mol. The zero-order valence-corrected chi connectivity index (χ0v) is 20.3. The lowest BCUT2D eigenvalue weighted by Gasteiger charge is -2.30. The van der Waals surface area contributed by atoms with Crippen LogP contribution in [0, 0.1) is 5.92 Å². The number of methoxy groups -OCH3 is 1. The average molecular weight is 494 g/mol. The van der Waals surface area contributed by atoms with Crippen LogP contribution >= 0.6 is 22.9 Å². The second-order valence-electron chi connectivity index (χ2n) is 8.47. The van der Waals surface area contributed by atoms with E-state index in [1.807, 2.05) is 53.9 Å². The fourth-order valence-corrected chi connectivity index (χ4v) is 5.70. The molecular formula is C26H24ClN3O3S. The summed E-state index contributed by atoms with van der Waals surface area (Å²) in [6.07, 6.45) is 1.57. The minimum absolute atomic E-state index is 0.00890. The largest absolute Gasteiger partial charge is 0.497 e. The Hall–Kier alpha value is -3.00. The Morgan fingerprint density at radius 1 is 1.15 bits per heavy atom. The number of nitrogens with zero attached hydrogens (tertiary/aromatic N) is 2. The lowest BCUT2D eigenvalue weighted by molar-refractivity contribution is 0.0833. The van der Waals surface area contributed by atoms with Gasteiger partial charge in [-0.1, -0.05) is 29.8 Å². The highest BCUT2D eigenvalue weighted by atomic mass is 35.5. The summed E-state index contributed by atoms with van der Waals surface area (Å²) in [5.74, 6) is 1.58. The fourth-order valence-electron chi connectivity index (χ4n) is 4.50. The molecule has 1 aliphatic rings. The van der Waals surface area contributed by atoms with E-state index in [0.29, 0.717) is 27.6 Å². The van der Waals surface area contributed by atoms with E-state index < -0.39 is 0 Å². The SMILES string of the molecule is COc1ccc(C(=O)C2CCN(Cc3nc4scc(-c5ccccc5Cl)c4c(=O)[nH]3)CC2)cc1. The van der Waals surface area contributed by atoms with Crippen molar-refractivity contribution in [1.82, 2.24) is 14.9 Å². The summed E-state index contributed by atoms with van der Waals surface area (Å²) in [5.41, 5.74) is 2.21. The average Bonchev–Trinajstić information content (AvgIpc) is 3.29. The van der Waals surface area contributed by atoms with Gasteiger partial charge in [-0.15, -0.1) is 11.3 Å². The van der Waals surface area contributed by atoms with Crippen molar-refractivity contribution in [3.8, 4) is 16.9 Å². The van der Waals surface area contributed by atoms with Crippen molar-refractivity contribution >= 4 is 38.9 Å². The predicted octanol–water partition coefficient (Wildman–Crippen LogP) is 5.41. The molecule has 1 aliphatic heterocycles. The number of halogens is 1. The third kappa shape index (κ3) is 4.51. The summed E-state index contributed by atoms with van der Waals surface area (Å²) in [6, 6.07) is 14.8. The number of benzene rings is 2. The smallest absolute Gasteiger partial charge is 0.260 e. The summed E-state index contributed by atoms with van der Waals surface area (Å²) in [4.78, 5) is 36.5. The van der Waals surface area contributed by atoms with E-state index in [-0.39, 0.29) is 17.3 Å². The van der Waals surface area contributed by atoms with Crippen molar-refractivity contribution in [2.75, 3.05) is 20.2 Å². The summed E-state index contributed by atoms with van der Waals surface area (Å²) >= 11 is 7.80. The predicted molar refractivity (Wildman–Crippen MR) is 136 cm³/mol. The number of fused-ring (bicyclic) bond motifs is 1. The number of ether oxygens (including phenoxy) is 1. The molecule has 8 heteroatoms. The number of ketones is 1. The molecule has 174 valence electrons. The van der Waals surface area contributed by atoms with Crippen LogP contribution in [0.25, 0.3) is 21.3 Å². The molecule has 2 aromatic carbocycles. The number of carbonyl (C=O) groups excluding carboxylic acids is 1. The monoisotopic (exact) mass is 493 g/mol.